The zero-order valence-corrected chi connectivity index (χ0v) is 17.5. The van der Waals surface area contributed by atoms with Gasteiger partial charge < -0.3 is 15.0 Å². The fraction of sp³-hybridized carbons (Fsp3) is 0.579. The van der Waals surface area contributed by atoms with Crippen LogP contribution in [0.25, 0.3) is 0 Å². The van der Waals surface area contributed by atoms with Crippen molar-refractivity contribution in [1.82, 2.24) is 10.2 Å². The Morgan fingerprint density at radius 1 is 1.32 bits per heavy atom. The van der Waals surface area contributed by atoms with Crippen molar-refractivity contribution in [2.75, 3.05) is 33.4 Å². The molecule has 0 atom stereocenters. The Morgan fingerprint density at radius 2 is 2.00 bits per heavy atom. The molecule has 0 aliphatic carbocycles. The summed E-state index contributed by atoms with van der Waals surface area (Å²) in [5, 5.41) is 12.2. The maximum atomic E-state index is 8.85. The zero-order chi connectivity index (χ0) is 17.2. The second-order valence-electron chi connectivity index (χ2n) is 6.24. The number of ether oxygens (including phenoxy) is 1. The van der Waals surface area contributed by atoms with Crippen molar-refractivity contribution in [2.45, 2.75) is 32.7 Å². The minimum atomic E-state index is 0. The van der Waals surface area contributed by atoms with Gasteiger partial charge in [-0.15, -0.1) is 24.0 Å². The Morgan fingerprint density at radius 3 is 2.60 bits per heavy atom. The maximum Gasteiger partial charge on any atom is 0.193 e. The normalized spacial score (nSPS) is 15.2. The van der Waals surface area contributed by atoms with E-state index in [2.05, 4.69) is 30.3 Å². The number of halogens is 1. The first-order valence-corrected chi connectivity index (χ1v) is 8.79. The van der Waals surface area contributed by atoms with Gasteiger partial charge in [0.15, 0.2) is 5.96 Å². The number of hydrogen-bond acceptors (Lipinski definition) is 3. The van der Waals surface area contributed by atoms with Crippen molar-refractivity contribution in [2.24, 2.45) is 10.9 Å². The number of guanidine groups is 1. The summed E-state index contributed by atoms with van der Waals surface area (Å²) in [6, 6.07) is 9.75. The highest BCUT2D eigenvalue weighted by atomic mass is 127. The van der Waals surface area contributed by atoms with E-state index in [1.54, 1.807) is 0 Å². The van der Waals surface area contributed by atoms with Crippen LogP contribution in [-0.4, -0.2) is 44.2 Å². The highest BCUT2D eigenvalue weighted by molar-refractivity contribution is 14.0. The first-order chi connectivity index (χ1) is 11.7. The lowest BCUT2D eigenvalue weighted by atomic mass is 9.96. The quantitative estimate of drug-likeness (QED) is 0.405. The highest BCUT2D eigenvalue weighted by Crippen LogP contribution is 2.18. The number of nitrogens with zero attached hydrogens (tertiary/aromatic N) is 3. The van der Waals surface area contributed by atoms with Crippen LogP contribution in [0.2, 0.25) is 0 Å². The van der Waals surface area contributed by atoms with Gasteiger partial charge in [-0.1, -0.05) is 12.1 Å². The zero-order valence-electron chi connectivity index (χ0n) is 15.2. The first-order valence-electron chi connectivity index (χ1n) is 8.79. The lowest BCUT2D eigenvalue weighted by Gasteiger charge is -2.26. The van der Waals surface area contributed by atoms with Crippen molar-refractivity contribution in [3.8, 4) is 6.07 Å². The van der Waals surface area contributed by atoms with Gasteiger partial charge in [-0.25, -0.2) is 4.99 Å². The summed E-state index contributed by atoms with van der Waals surface area (Å²) in [6.07, 6.45) is 3.53. The molecule has 1 heterocycles. The maximum absolute atomic E-state index is 8.85. The van der Waals surface area contributed by atoms with Gasteiger partial charge in [0.1, 0.15) is 0 Å². The molecule has 0 aromatic heterocycles. The van der Waals surface area contributed by atoms with Crippen LogP contribution in [0.5, 0.6) is 0 Å². The van der Waals surface area contributed by atoms with Crippen LogP contribution < -0.4 is 5.32 Å². The monoisotopic (exact) mass is 456 g/mol. The highest BCUT2D eigenvalue weighted by Gasteiger charge is 2.15. The van der Waals surface area contributed by atoms with Gasteiger partial charge in [0, 0.05) is 33.4 Å². The van der Waals surface area contributed by atoms with E-state index in [0.29, 0.717) is 12.1 Å². The molecule has 0 saturated carbocycles. The average molecular weight is 456 g/mol. The number of nitriles is 1. The largest absolute Gasteiger partial charge is 0.381 e. The topological polar surface area (TPSA) is 60.7 Å². The minimum Gasteiger partial charge on any atom is -0.381 e. The first kappa shape index (κ1) is 21.7. The van der Waals surface area contributed by atoms with Gasteiger partial charge in [0.05, 0.1) is 18.2 Å². The minimum absolute atomic E-state index is 0. The van der Waals surface area contributed by atoms with E-state index in [1.807, 2.05) is 24.3 Å². The van der Waals surface area contributed by atoms with Crippen molar-refractivity contribution in [1.29, 1.82) is 5.26 Å². The van der Waals surface area contributed by atoms with Gasteiger partial charge in [-0.3, -0.25) is 0 Å². The summed E-state index contributed by atoms with van der Waals surface area (Å²) in [7, 11) is 2.10. The van der Waals surface area contributed by atoms with Crippen molar-refractivity contribution < 1.29 is 4.74 Å². The number of aliphatic imine (C=N–C) groups is 1. The third-order valence-corrected chi connectivity index (χ3v) is 4.40. The number of nitrogens with one attached hydrogen (secondary N) is 1. The van der Waals surface area contributed by atoms with Crippen LogP contribution in [-0.2, 0) is 11.3 Å². The van der Waals surface area contributed by atoms with Gasteiger partial charge in [0.2, 0.25) is 0 Å². The molecule has 2 rings (SSSR count). The van der Waals surface area contributed by atoms with Crippen molar-refractivity contribution in [3.05, 3.63) is 35.4 Å². The Kier molecular flexibility index (Phi) is 10.5. The van der Waals surface area contributed by atoms with Gasteiger partial charge in [-0.05, 0) is 49.8 Å². The third-order valence-electron chi connectivity index (χ3n) is 4.40. The van der Waals surface area contributed by atoms with Crippen molar-refractivity contribution in [3.63, 3.8) is 0 Å². The second kappa shape index (κ2) is 12.1. The molecule has 0 bridgehead atoms. The van der Waals surface area contributed by atoms with E-state index in [0.717, 1.165) is 43.7 Å². The van der Waals surface area contributed by atoms with Crippen molar-refractivity contribution >= 4 is 29.9 Å². The molecule has 1 saturated heterocycles. The van der Waals surface area contributed by atoms with Crippen LogP contribution in [0.15, 0.2) is 29.3 Å². The Hall–Kier alpha value is -1.33. The van der Waals surface area contributed by atoms with Crippen LogP contribution >= 0.6 is 24.0 Å². The Bertz CT molecular complexity index is 562. The molecule has 138 valence electrons. The van der Waals surface area contributed by atoms with Gasteiger partial charge >= 0.3 is 0 Å². The molecule has 1 aromatic rings. The molecule has 1 aromatic carbocycles. The summed E-state index contributed by atoms with van der Waals surface area (Å²) < 4.78 is 5.43. The fourth-order valence-electron chi connectivity index (χ4n) is 2.84. The summed E-state index contributed by atoms with van der Waals surface area (Å²) in [6.45, 7) is 6.37. The molecule has 5 nitrogen and oxygen atoms in total. The Labute approximate surface area is 168 Å². The van der Waals surface area contributed by atoms with E-state index < -0.39 is 0 Å². The molecule has 1 fully saturated rings. The molecule has 1 aliphatic heterocycles. The average Bonchev–Trinajstić information content (AvgIpc) is 2.64. The molecule has 0 spiro atoms. The molecular weight excluding hydrogens is 427 g/mol. The van der Waals surface area contributed by atoms with Crippen LogP contribution in [0.1, 0.15) is 37.3 Å². The van der Waals surface area contributed by atoms with E-state index in [1.165, 1.54) is 19.3 Å². The fourth-order valence-corrected chi connectivity index (χ4v) is 2.84. The molecule has 1 aliphatic rings. The van der Waals surface area contributed by atoms with E-state index in [4.69, 9.17) is 15.0 Å². The van der Waals surface area contributed by atoms with E-state index >= 15 is 0 Å². The predicted molar refractivity (Wildman–Crippen MR) is 112 cm³/mol. The Balaban J connectivity index is 0.00000312. The predicted octanol–water partition coefficient (Wildman–Crippen LogP) is 3.39. The molecule has 0 radical (unpaired) electrons. The molecule has 0 amide bonds. The third kappa shape index (κ3) is 7.61. The molecule has 25 heavy (non-hydrogen) atoms. The smallest absolute Gasteiger partial charge is 0.193 e. The van der Waals surface area contributed by atoms with E-state index in [9.17, 15) is 0 Å². The lowest BCUT2D eigenvalue weighted by molar-refractivity contribution is 0.0625. The molecular formula is C19H29IN4O. The number of hydrogen-bond donors (Lipinski definition) is 1. The van der Waals surface area contributed by atoms with E-state index in [-0.39, 0.29) is 24.0 Å². The summed E-state index contributed by atoms with van der Waals surface area (Å²) >= 11 is 0. The lowest BCUT2D eigenvalue weighted by Crippen LogP contribution is -2.40. The van der Waals surface area contributed by atoms with Crippen LogP contribution in [0.4, 0.5) is 0 Å². The standard InChI is InChI=1S/C19H28N4O.HI/c1-3-21-19(22-15-18-6-4-17(14-20)5-7-18)23(2)11-8-16-9-12-24-13-10-16;/h4-7,16H,3,8-13,15H2,1-2H3,(H,21,22);1H. The number of rotatable bonds is 6. The van der Waals surface area contributed by atoms with Crippen LogP contribution in [0, 0.1) is 17.2 Å². The SMILES string of the molecule is CCNC(=NCc1ccc(C#N)cc1)N(C)CCC1CCOCC1.I. The summed E-state index contributed by atoms with van der Waals surface area (Å²) in [5.41, 5.74) is 1.80. The molecule has 6 heteroatoms. The van der Waals surface area contributed by atoms with Crippen LogP contribution in [0.3, 0.4) is 0 Å². The van der Waals surface area contributed by atoms with Gasteiger partial charge in [0.25, 0.3) is 0 Å². The number of benzene rings is 1. The molecule has 1 N–H and O–H groups in total. The molecule has 0 unspecified atom stereocenters. The summed E-state index contributed by atoms with van der Waals surface area (Å²) in [5.74, 6) is 1.71. The second-order valence-corrected chi connectivity index (χ2v) is 6.24. The van der Waals surface area contributed by atoms with Gasteiger partial charge in [-0.2, -0.15) is 5.26 Å². The summed E-state index contributed by atoms with van der Waals surface area (Å²) in [4.78, 5) is 6.94.